The molecule has 23 heavy (non-hydrogen) atoms. The lowest BCUT2D eigenvalue weighted by atomic mass is 9.90. The van der Waals surface area contributed by atoms with Gasteiger partial charge in [-0.3, -0.25) is 4.90 Å². The first-order chi connectivity index (χ1) is 11.1. The molecule has 3 heteroatoms. The molecule has 0 amide bonds. The molecule has 1 aliphatic heterocycles. The van der Waals surface area contributed by atoms with Gasteiger partial charge in [-0.25, -0.2) is 0 Å². The highest BCUT2D eigenvalue weighted by Gasteiger charge is 2.25. The highest BCUT2D eigenvalue weighted by Crippen LogP contribution is 2.33. The van der Waals surface area contributed by atoms with Crippen molar-refractivity contribution in [3.63, 3.8) is 0 Å². The second-order valence-electron chi connectivity index (χ2n) is 6.53. The van der Waals surface area contributed by atoms with Crippen LogP contribution in [-0.4, -0.2) is 31.1 Å². The van der Waals surface area contributed by atoms with Gasteiger partial charge in [0.1, 0.15) is 0 Å². The minimum Gasteiger partial charge on any atom is -0.314 e. The predicted octanol–water partition coefficient (Wildman–Crippen LogP) is 4.26. The highest BCUT2D eigenvalue weighted by atomic mass is 35.5. The minimum absolute atomic E-state index is 0.300. The van der Waals surface area contributed by atoms with Gasteiger partial charge in [-0.1, -0.05) is 35.9 Å². The summed E-state index contributed by atoms with van der Waals surface area (Å²) in [4.78, 5) is 2.58. The van der Waals surface area contributed by atoms with E-state index in [-0.39, 0.29) is 0 Å². The molecule has 1 fully saturated rings. The van der Waals surface area contributed by atoms with Gasteiger partial charge in [-0.05, 0) is 60.7 Å². The van der Waals surface area contributed by atoms with E-state index < -0.39 is 0 Å². The monoisotopic (exact) mass is 328 g/mol. The van der Waals surface area contributed by atoms with Gasteiger partial charge in [0.05, 0.1) is 6.04 Å². The van der Waals surface area contributed by atoms with Gasteiger partial charge in [0.2, 0.25) is 0 Å². The van der Waals surface area contributed by atoms with Gasteiger partial charge in [0.15, 0.2) is 0 Å². The number of aryl methyl sites for hydroxylation is 3. The van der Waals surface area contributed by atoms with Crippen molar-refractivity contribution in [1.82, 2.24) is 10.2 Å². The largest absolute Gasteiger partial charge is 0.314 e. The zero-order valence-electron chi connectivity index (χ0n) is 14.2. The first-order valence-corrected chi connectivity index (χ1v) is 8.72. The third kappa shape index (κ3) is 3.60. The Morgan fingerprint density at radius 2 is 1.52 bits per heavy atom. The second kappa shape index (κ2) is 7.04. The third-order valence-electron chi connectivity index (χ3n) is 4.88. The van der Waals surface area contributed by atoms with Crippen molar-refractivity contribution >= 4 is 11.6 Å². The maximum absolute atomic E-state index is 6.10. The summed E-state index contributed by atoms with van der Waals surface area (Å²) in [6.45, 7) is 10.9. The topological polar surface area (TPSA) is 15.3 Å². The van der Waals surface area contributed by atoms with E-state index in [0.29, 0.717) is 6.04 Å². The van der Waals surface area contributed by atoms with Crippen molar-refractivity contribution in [2.24, 2.45) is 0 Å². The molecule has 3 rings (SSSR count). The van der Waals surface area contributed by atoms with Crippen LogP contribution in [0.4, 0.5) is 0 Å². The van der Waals surface area contributed by atoms with E-state index in [2.05, 4.69) is 55.3 Å². The molecule has 1 unspecified atom stereocenters. The fourth-order valence-electron chi connectivity index (χ4n) is 3.45. The van der Waals surface area contributed by atoms with E-state index in [4.69, 9.17) is 11.6 Å². The van der Waals surface area contributed by atoms with Gasteiger partial charge in [-0.2, -0.15) is 0 Å². The smallest absolute Gasteiger partial charge is 0.0605 e. The van der Waals surface area contributed by atoms with Crippen LogP contribution in [0.15, 0.2) is 36.4 Å². The van der Waals surface area contributed by atoms with Crippen molar-refractivity contribution < 1.29 is 0 Å². The van der Waals surface area contributed by atoms with Crippen molar-refractivity contribution in [3.05, 3.63) is 69.2 Å². The van der Waals surface area contributed by atoms with Crippen LogP contribution in [0.2, 0.25) is 5.02 Å². The molecular formula is C20H25ClN2. The average Bonchev–Trinajstić information content (AvgIpc) is 2.55. The molecular weight excluding hydrogens is 304 g/mol. The number of piperazine rings is 1. The molecule has 0 spiro atoms. The summed E-state index contributed by atoms with van der Waals surface area (Å²) in [5, 5.41) is 4.25. The highest BCUT2D eigenvalue weighted by molar-refractivity contribution is 6.30. The minimum atomic E-state index is 0.300. The van der Waals surface area contributed by atoms with Crippen LogP contribution in [0.1, 0.15) is 33.9 Å². The molecule has 2 aromatic rings. The number of nitrogens with one attached hydrogen (secondary N) is 1. The van der Waals surface area contributed by atoms with E-state index in [9.17, 15) is 0 Å². The Balaban J connectivity index is 2.07. The van der Waals surface area contributed by atoms with E-state index in [0.717, 1.165) is 31.2 Å². The summed E-state index contributed by atoms with van der Waals surface area (Å²) in [5.41, 5.74) is 6.83. The molecule has 1 heterocycles. The molecule has 0 aliphatic carbocycles. The molecule has 122 valence electrons. The molecule has 2 aromatic carbocycles. The maximum atomic E-state index is 6.10. The first kappa shape index (κ1) is 16.5. The molecule has 0 bridgehead atoms. The van der Waals surface area contributed by atoms with Crippen molar-refractivity contribution in [2.45, 2.75) is 26.8 Å². The van der Waals surface area contributed by atoms with Gasteiger partial charge in [0.25, 0.3) is 0 Å². The molecule has 0 radical (unpaired) electrons. The lowest BCUT2D eigenvalue weighted by Gasteiger charge is -2.36. The number of hydrogen-bond acceptors (Lipinski definition) is 2. The first-order valence-electron chi connectivity index (χ1n) is 8.34. The van der Waals surface area contributed by atoms with Crippen LogP contribution in [0.25, 0.3) is 0 Å². The Hall–Kier alpha value is -1.35. The Labute approximate surface area is 144 Å². The lowest BCUT2D eigenvalue weighted by molar-refractivity contribution is 0.198. The molecule has 1 atom stereocenters. The fraction of sp³-hybridized carbons (Fsp3) is 0.400. The van der Waals surface area contributed by atoms with Crippen molar-refractivity contribution in [2.75, 3.05) is 26.2 Å². The average molecular weight is 329 g/mol. The number of rotatable bonds is 3. The summed E-state index contributed by atoms with van der Waals surface area (Å²) in [6, 6.07) is 13.3. The molecule has 1 N–H and O–H groups in total. The van der Waals surface area contributed by atoms with E-state index in [1.165, 1.54) is 27.8 Å². The Bertz CT molecular complexity index is 673. The van der Waals surface area contributed by atoms with Crippen LogP contribution < -0.4 is 5.32 Å². The molecule has 1 aliphatic rings. The SMILES string of the molecule is Cc1cc(C)c(C(c2ccc(Cl)cc2)N2CCNCC2)cc1C. The molecule has 2 nitrogen and oxygen atoms in total. The molecule has 0 saturated carbocycles. The Morgan fingerprint density at radius 1 is 0.913 bits per heavy atom. The fourth-order valence-corrected chi connectivity index (χ4v) is 3.58. The van der Waals surface area contributed by atoms with E-state index in [1.807, 2.05) is 12.1 Å². The lowest BCUT2D eigenvalue weighted by Crippen LogP contribution is -2.45. The summed E-state index contributed by atoms with van der Waals surface area (Å²) in [7, 11) is 0. The molecule has 0 aromatic heterocycles. The Morgan fingerprint density at radius 3 is 2.17 bits per heavy atom. The number of nitrogens with zero attached hydrogens (tertiary/aromatic N) is 1. The Kier molecular flexibility index (Phi) is 5.05. The van der Waals surface area contributed by atoms with Gasteiger partial charge >= 0.3 is 0 Å². The quantitative estimate of drug-likeness (QED) is 0.905. The van der Waals surface area contributed by atoms with Crippen LogP contribution in [0.3, 0.4) is 0 Å². The van der Waals surface area contributed by atoms with Crippen LogP contribution >= 0.6 is 11.6 Å². The van der Waals surface area contributed by atoms with E-state index in [1.54, 1.807) is 0 Å². The summed E-state index contributed by atoms with van der Waals surface area (Å²) in [5.74, 6) is 0. The van der Waals surface area contributed by atoms with Crippen molar-refractivity contribution in [3.8, 4) is 0 Å². The zero-order chi connectivity index (χ0) is 16.4. The van der Waals surface area contributed by atoms with Gasteiger partial charge in [0, 0.05) is 31.2 Å². The van der Waals surface area contributed by atoms with E-state index >= 15 is 0 Å². The number of halogens is 1. The second-order valence-corrected chi connectivity index (χ2v) is 6.97. The zero-order valence-corrected chi connectivity index (χ0v) is 15.0. The van der Waals surface area contributed by atoms with Crippen LogP contribution in [-0.2, 0) is 0 Å². The number of hydrogen-bond donors (Lipinski definition) is 1. The third-order valence-corrected chi connectivity index (χ3v) is 5.13. The van der Waals surface area contributed by atoms with Gasteiger partial charge in [-0.15, -0.1) is 0 Å². The number of benzene rings is 2. The van der Waals surface area contributed by atoms with Crippen LogP contribution in [0, 0.1) is 20.8 Å². The standard InChI is InChI=1S/C20H25ClN2/c1-14-12-16(3)19(13-15(14)2)20(23-10-8-22-9-11-23)17-4-6-18(21)7-5-17/h4-7,12-13,20,22H,8-11H2,1-3H3. The summed E-state index contributed by atoms with van der Waals surface area (Å²) in [6.07, 6.45) is 0. The van der Waals surface area contributed by atoms with Crippen molar-refractivity contribution in [1.29, 1.82) is 0 Å². The molecule has 1 saturated heterocycles. The maximum Gasteiger partial charge on any atom is 0.0605 e. The predicted molar refractivity (Wildman–Crippen MR) is 98.4 cm³/mol. The normalized spacial score (nSPS) is 17.2. The van der Waals surface area contributed by atoms with Crippen LogP contribution in [0.5, 0.6) is 0 Å². The summed E-state index contributed by atoms with van der Waals surface area (Å²) < 4.78 is 0. The summed E-state index contributed by atoms with van der Waals surface area (Å²) >= 11 is 6.10. The van der Waals surface area contributed by atoms with Gasteiger partial charge < -0.3 is 5.32 Å².